The van der Waals surface area contributed by atoms with Crippen LogP contribution in [0.3, 0.4) is 0 Å². The van der Waals surface area contributed by atoms with E-state index in [1.54, 1.807) is 12.1 Å². The largest absolute Gasteiger partial charge is 0.368 e. The van der Waals surface area contributed by atoms with E-state index in [-0.39, 0.29) is 5.57 Å². The number of benzene rings is 1. The molecule has 0 saturated carbocycles. The first-order valence-electron chi connectivity index (χ1n) is 7.21. The Balaban J connectivity index is 2.06. The molecule has 6 heteroatoms. The van der Waals surface area contributed by atoms with Gasteiger partial charge in [0.05, 0.1) is 10.7 Å². The fourth-order valence-corrected chi connectivity index (χ4v) is 2.70. The maximum atomic E-state index is 8.70. The van der Waals surface area contributed by atoms with Crippen LogP contribution in [0.25, 0.3) is 0 Å². The van der Waals surface area contributed by atoms with Gasteiger partial charge >= 0.3 is 0 Å². The Morgan fingerprint density at radius 1 is 1.27 bits per heavy atom. The van der Waals surface area contributed by atoms with Gasteiger partial charge in [0, 0.05) is 38.1 Å². The number of likely N-dealkylation sites (N-methyl/N-ethyl adjacent to an activating group) is 1. The Morgan fingerprint density at radius 3 is 2.50 bits per heavy atom. The predicted octanol–water partition coefficient (Wildman–Crippen LogP) is 2.82. The summed E-state index contributed by atoms with van der Waals surface area (Å²) in [7, 11) is 0. The van der Waals surface area contributed by atoms with Crippen LogP contribution in [0.2, 0.25) is 5.02 Å². The van der Waals surface area contributed by atoms with Gasteiger partial charge in [-0.15, -0.1) is 0 Å². The second-order valence-electron chi connectivity index (χ2n) is 5.01. The van der Waals surface area contributed by atoms with Gasteiger partial charge in [0.25, 0.3) is 0 Å². The Hall–Kier alpha value is -2.21. The van der Waals surface area contributed by atoms with Crippen molar-refractivity contribution >= 4 is 23.0 Å². The summed E-state index contributed by atoms with van der Waals surface area (Å²) in [6, 6.07) is 9.28. The van der Waals surface area contributed by atoms with Gasteiger partial charge in [0.15, 0.2) is 0 Å². The molecule has 0 aromatic heterocycles. The number of hydrogen-bond acceptors (Lipinski definition) is 5. The number of hydrogen-bond donors (Lipinski definition) is 1. The highest BCUT2D eigenvalue weighted by molar-refractivity contribution is 6.33. The number of nitriles is 2. The van der Waals surface area contributed by atoms with Crippen LogP contribution in [-0.2, 0) is 0 Å². The van der Waals surface area contributed by atoms with E-state index in [4.69, 9.17) is 22.1 Å². The number of nitrogens with zero attached hydrogens (tertiary/aromatic N) is 4. The molecule has 0 radical (unpaired) electrons. The number of piperazine rings is 1. The molecule has 0 aliphatic carbocycles. The highest BCUT2D eigenvalue weighted by Crippen LogP contribution is 2.29. The molecule has 22 heavy (non-hydrogen) atoms. The molecule has 1 aromatic rings. The van der Waals surface area contributed by atoms with E-state index in [1.165, 1.54) is 6.20 Å². The van der Waals surface area contributed by atoms with Crippen LogP contribution in [-0.4, -0.2) is 37.6 Å². The van der Waals surface area contributed by atoms with Gasteiger partial charge in [-0.05, 0) is 24.7 Å². The van der Waals surface area contributed by atoms with Gasteiger partial charge in [-0.3, -0.25) is 0 Å². The Labute approximate surface area is 136 Å². The van der Waals surface area contributed by atoms with Crippen LogP contribution in [0, 0.1) is 22.7 Å². The first kappa shape index (κ1) is 16.2. The second kappa shape index (κ2) is 7.70. The fourth-order valence-electron chi connectivity index (χ4n) is 2.40. The maximum Gasteiger partial charge on any atom is 0.145 e. The lowest BCUT2D eigenvalue weighted by atomic mass is 10.2. The minimum Gasteiger partial charge on any atom is -0.368 e. The van der Waals surface area contributed by atoms with Gasteiger partial charge in [-0.1, -0.05) is 18.5 Å². The Bertz CT molecular complexity index is 617. The van der Waals surface area contributed by atoms with E-state index in [2.05, 4.69) is 22.0 Å². The van der Waals surface area contributed by atoms with Crippen LogP contribution in [0.4, 0.5) is 11.4 Å². The van der Waals surface area contributed by atoms with Gasteiger partial charge in [-0.2, -0.15) is 10.5 Å². The van der Waals surface area contributed by atoms with E-state index >= 15 is 0 Å². The highest BCUT2D eigenvalue weighted by atomic mass is 35.5. The summed E-state index contributed by atoms with van der Waals surface area (Å²) in [4.78, 5) is 4.69. The van der Waals surface area contributed by atoms with Crippen molar-refractivity contribution in [3.05, 3.63) is 35.0 Å². The number of nitrogens with one attached hydrogen (secondary N) is 1. The van der Waals surface area contributed by atoms with Crippen LogP contribution in [0.1, 0.15) is 6.92 Å². The van der Waals surface area contributed by atoms with Gasteiger partial charge < -0.3 is 15.1 Å². The zero-order chi connectivity index (χ0) is 15.9. The van der Waals surface area contributed by atoms with Gasteiger partial charge in [0.2, 0.25) is 0 Å². The molecule has 2 rings (SSSR count). The van der Waals surface area contributed by atoms with Gasteiger partial charge in [-0.25, -0.2) is 0 Å². The topological polar surface area (TPSA) is 66.1 Å². The van der Waals surface area contributed by atoms with E-state index < -0.39 is 0 Å². The first-order chi connectivity index (χ1) is 10.7. The zero-order valence-electron chi connectivity index (χ0n) is 12.5. The van der Waals surface area contributed by atoms with Crippen molar-refractivity contribution in [2.45, 2.75) is 6.92 Å². The molecule has 0 unspecified atom stereocenters. The lowest BCUT2D eigenvalue weighted by Gasteiger charge is -2.36. The third kappa shape index (κ3) is 3.92. The van der Waals surface area contributed by atoms with Crippen LogP contribution >= 0.6 is 11.6 Å². The van der Waals surface area contributed by atoms with E-state index in [9.17, 15) is 0 Å². The zero-order valence-corrected chi connectivity index (χ0v) is 13.3. The number of allylic oxidation sites excluding steroid dienone is 1. The molecule has 1 fully saturated rings. The third-order valence-electron chi connectivity index (χ3n) is 3.73. The van der Waals surface area contributed by atoms with Crippen LogP contribution < -0.4 is 10.2 Å². The molecule has 1 aliphatic heterocycles. The fraction of sp³-hybridized carbons (Fsp3) is 0.375. The molecule has 1 saturated heterocycles. The summed E-state index contributed by atoms with van der Waals surface area (Å²) >= 11 is 6.37. The molecule has 0 spiro atoms. The lowest BCUT2D eigenvalue weighted by Crippen LogP contribution is -2.46. The van der Waals surface area contributed by atoms with Crippen molar-refractivity contribution < 1.29 is 0 Å². The van der Waals surface area contributed by atoms with Gasteiger partial charge in [0.1, 0.15) is 17.7 Å². The number of halogens is 1. The van der Waals surface area contributed by atoms with E-state index in [0.717, 1.165) is 44.1 Å². The minimum atomic E-state index is 0.0240. The molecule has 1 aromatic carbocycles. The average molecular weight is 316 g/mol. The standard InChI is InChI=1S/C16H18ClN5/c1-2-21-5-7-22(8-6-21)16-4-3-14(9-15(16)17)20-12-13(10-18)11-19/h3-4,9,12,20H,2,5-8H2,1H3. The molecule has 1 aliphatic rings. The predicted molar refractivity (Wildman–Crippen MR) is 88.7 cm³/mol. The van der Waals surface area contributed by atoms with Crippen LogP contribution in [0.15, 0.2) is 30.0 Å². The molecule has 5 nitrogen and oxygen atoms in total. The molecule has 0 atom stereocenters. The smallest absolute Gasteiger partial charge is 0.145 e. The molecule has 114 valence electrons. The van der Waals surface area contributed by atoms with Crippen LogP contribution in [0.5, 0.6) is 0 Å². The normalized spacial score (nSPS) is 14.8. The number of rotatable bonds is 4. The molecule has 0 amide bonds. The Kier molecular flexibility index (Phi) is 5.66. The van der Waals surface area contributed by atoms with Crippen molar-refractivity contribution in [2.75, 3.05) is 42.9 Å². The van der Waals surface area contributed by atoms with E-state index in [0.29, 0.717) is 5.02 Å². The summed E-state index contributed by atoms with van der Waals surface area (Å²) in [5.41, 5.74) is 1.80. The summed E-state index contributed by atoms with van der Waals surface area (Å²) in [6.07, 6.45) is 1.38. The van der Waals surface area contributed by atoms with E-state index in [1.807, 2.05) is 18.2 Å². The summed E-state index contributed by atoms with van der Waals surface area (Å²) < 4.78 is 0. The molecular formula is C16H18ClN5. The summed E-state index contributed by atoms with van der Waals surface area (Å²) in [5, 5.41) is 21.0. The van der Waals surface area contributed by atoms with Crippen molar-refractivity contribution in [2.24, 2.45) is 0 Å². The van der Waals surface area contributed by atoms with Crippen molar-refractivity contribution in [1.29, 1.82) is 10.5 Å². The average Bonchev–Trinajstić information content (AvgIpc) is 2.56. The number of anilines is 2. The first-order valence-corrected chi connectivity index (χ1v) is 7.59. The molecular weight excluding hydrogens is 298 g/mol. The summed E-state index contributed by atoms with van der Waals surface area (Å²) in [6.45, 7) is 7.28. The second-order valence-corrected chi connectivity index (χ2v) is 5.42. The van der Waals surface area contributed by atoms with Crippen molar-refractivity contribution in [3.8, 4) is 12.1 Å². The highest BCUT2D eigenvalue weighted by Gasteiger charge is 2.17. The van der Waals surface area contributed by atoms with Crippen molar-refractivity contribution in [3.63, 3.8) is 0 Å². The summed E-state index contributed by atoms with van der Waals surface area (Å²) in [5.74, 6) is 0. The Morgan fingerprint density at radius 2 is 1.95 bits per heavy atom. The van der Waals surface area contributed by atoms with Crippen molar-refractivity contribution in [1.82, 2.24) is 4.90 Å². The molecule has 0 bridgehead atoms. The molecule has 1 heterocycles. The third-order valence-corrected chi connectivity index (χ3v) is 4.03. The quantitative estimate of drug-likeness (QED) is 0.865. The lowest BCUT2D eigenvalue weighted by molar-refractivity contribution is 0.271. The molecule has 1 N–H and O–H groups in total. The maximum absolute atomic E-state index is 8.70. The minimum absolute atomic E-state index is 0.0240. The SMILES string of the molecule is CCN1CCN(c2ccc(NC=C(C#N)C#N)cc2Cl)CC1. The monoisotopic (exact) mass is 315 g/mol.